The van der Waals surface area contributed by atoms with Gasteiger partial charge < -0.3 is 0 Å². The quantitative estimate of drug-likeness (QED) is 0.533. The molecule has 0 radical (unpaired) electrons. The molecule has 0 saturated heterocycles. The normalized spacial score (nSPS) is 29.0. The molecule has 1 aliphatic heterocycles. The predicted molar refractivity (Wildman–Crippen MR) is 33.8 cm³/mol. The van der Waals surface area contributed by atoms with Crippen molar-refractivity contribution in [1.29, 1.82) is 0 Å². The van der Waals surface area contributed by atoms with Gasteiger partial charge in [-0.15, -0.1) is 11.8 Å². The van der Waals surface area contributed by atoms with Crippen molar-refractivity contribution in [2.75, 3.05) is 12.8 Å². The zero-order valence-electron chi connectivity index (χ0n) is 4.22. The highest BCUT2D eigenvalue weighted by atomic mass is 32.2. The Balaban J connectivity index is 2.28. The van der Waals surface area contributed by atoms with Crippen LogP contribution in [0.2, 0.25) is 0 Å². The van der Waals surface area contributed by atoms with Crippen molar-refractivity contribution in [2.45, 2.75) is 5.50 Å². The Morgan fingerprint density at radius 1 is 2.00 bits per heavy atom. The third kappa shape index (κ3) is 1.17. The van der Waals surface area contributed by atoms with Crippen molar-refractivity contribution in [2.24, 2.45) is 4.99 Å². The van der Waals surface area contributed by atoms with Gasteiger partial charge in [-0.25, -0.2) is 0 Å². The molecule has 0 aliphatic carbocycles. The molecule has 40 valence electrons. The molecule has 0 aromatic rings. The van der Waals surface area contributed by atoms with Gasteiger partial charge in [-0.1, -0.05) is 0 Å². The number of nitrogens with one attached hydrogen (secondary N) is 1. The number of thioether (sulfide) groups is 1. The SMILES string of the molecule is CSC1N=CCN1. The zero-order chi connectivity index (χ0) is 5.11. The van der Waals surface area contributed by atoms with Gasteiger partial charge in [0, 0.05) is 12.8 Å². The van der Waals surface area contributed by atoms with Crippen LogP contribution in [0.5, 0.6) is 0 Å². The molecular formula is C4H8N2S. The summed E-state index contributed by atoms with van der Waals surface area (Å²) < 4.78 is 0. The van der Waals surface area contributed by atoms with Crippen molar-refractivity contribution in [3.8, 4) is 0 Å². The van der Waals surface area contributed by atoms with E-state index in [-0.39, 0.29) is 0 Å². The van der Waals surface area contributed by atoms with Crippen molar-refractivity contribution >= 4 is 18.0 Å². The molecule has 1 unspecified atom stereocenters. The molecule has 0 fully saturated rings. The van der Waals surface area contributed by atoms with Crippen LogP contribution in [-0.2, 0) is 0 Å². The van der Waals surface area contributed by atoms with E-state index in [9.17, 15) is 0 Å². The Labute approximate surface area is 47.4 Å². The van der Waals surface area contributed by atoms with Gasteiger partial charge in [0.2, 0.25) is 0 Å². The first kappa shape index (κ1) is 5.12. The second-order valence-corrected chi connectivity index (χ2v) is 2.25. The molecule has 2 nitrogen and oxygen atoms in total. The number of hydrogen-bond donors (Lipinski definition) is 1. The van der Waals surface area contributed by atoms with Crippen LogP contribution in [0, 0.1) is 0 Å². The highest BCUT2D eigenvalue weighted by Crippen LogP contribution is 2.04. The summed E-state index contributed by atoms with van der Waals surface area (Å²) in [6.45, 7) is 0.936. The fourth-order valence-corrected chi connectivity index (χ4v) is 0.970. The largest absolute Gasteiger partial charge is 0.282 e. The van der Waals surface area contributed by atoms with Crippen LogP contribution >= 0.6 is 11.8 Å². The third-order valence-electron chi connectivity index (χ3n) is 0.848. The summed E-state index contributed by atoms with van der Waals surface area (Å²) in [7, 11) is 0. The van der Waals surface area contributed by atoms with Crippen LogP contribution in [0.4, 0.5) is 0 Å². The molecular weight excluding hydrogens is 108 g/mol. The molecule has 0 saturated carbocycles. The van der Waals surface area contributed by atoms with E-state index in [0.29, 0.717) is 5.50 Å². The van der Waals surface area contributed by atoms with E-state index in [1.807, 2.05) is 12.5 Å². The lowest BCUT2D eigenvalue weighted by Crippen LogP contribution is -2.17. The van der Waals surface area contributed by atoms with E-state index in [0.717, 1.165) is 6.54 Å². The Bertz CT molecular complexity index is 81.8. The van der Waals surface area contributed by atoms with Crippen molar-refractivity contribution in [1.82, 2.24) is 5.32 Å². The van der Waals surface area contributed by atoms with Crippen LogP contribution in [0.3, 0.4) is 0 Å². The number of rotatable bonds is 1. The topological polar surface area (TPSA) is 24.4 Å². The molecule has 1 aliphatic rings. The van der Waals surface area contributed by atoms with Gasteiger partial charge in [0.05, 0.1) is 0 Å². The number of hydrogen-bond acceptors (Lipinski definition) is 3. The van der Waals surface area contributed by atoms with E-state index >= 15 is 0 Å². The van der Waals surface area contributed by atoms with Gasteiger partial charge in [-0.05, 0) is 6.26 Å². The van der Waals surface area contributed by atoms with E-state index in [1.54, 1.807) is 11.8 Å². The molecule has 3 heteroatoms. The number of aliphatic imine (C=N–C) groups is 1. The van der Waals surface area contributed by atoms with E-state index < -0.39 is 0 Å². The van der Waals surface area contributed by atoms with Gasteiger partial charge in [0.15, 0.2) is 0 Å². The second kappa shape index (κ2) is 2.33. The Morgan fingerprint density at radius 2 is 2.86 bits per heavy atom. The summed E-state index contributed by atoms with van der Waals surface area (Å²) in [6.07, 6.45) is 3.95. The zero-order valence-corrected chi connectivity index (χ0v) is 5.03. The monoisotopic (exact) mass is 116 g/mol. The fraction of sp³-hybridized carbons (Fsp3) is 0.750. The summed E-state index contributed by atoms with van der Waals surface area (Å²) >= 11 is 1.72. The van der Waals surface area contributed by atoms with E-state index in [1.165, 1.54) is 0 Å². The maximum absolute atomic E-state index is 4.08. The number of nitrogens with zero attached hydrogens (tertiary/aromatic N) is 1. The molecule has 1 heterocycles. The summed E-state index contributed by atoms with van der Waals surface area (Å²) in [5, 5.41) is 3.15. The lowest BCUT2D eigenvalue weighted by molar-refractivity contribution is 0.797. The lowest BCUT2D eigenvalue weighted by atomic mass is 10.8. The smallest absolute Gasteiger partial charge is 0.146 e. The van der Waals surface area contributed by atoms with Crippen LogP contribution in [0.25, 0.3) is 0 Å². The first-order valence-electron chi connectivity index (χ1n) is 2.21. The van der Waals surface area contributed by atoms with Crippen molar-refractivity contribution in [3.63, 3.8) is 0 Å². The highest BCUT2D eigenvalue weighted by Gasteiger charge is 2.03. The predicted octanol–water partition coefficient (Wildman–Crippen LogP) is 0.307. The molecule has 1 N–H and O–H groups in total. The summed E-state index contributed by atoms with van der Waals surface area (Å²) in [5.41, 5.74) is 0.333. The molecule has 7 heavy (non-hydrogen) atoms. The Hall–Kier alpha value is -0.0200. The van der Waals surface area contributed by atoms with Crippen LogP contribution < -0.4 is 5.32 Å². The van der Waals surface area contributed by atoms with Gasteiger partial charge in [-0.2, -0.15) is 0 Å². The lowest BCUT2D eigenvalue weighted by Gasteiger charge is -1.99. The van der Waals surface area contributed by atoms with Crippen molar-refractivity contribution in [3.05, 3.63) is 0 Å². The van der Waals surface area contributed by atoms with Crippen LogP contribution in [0.1, 0.15) is 0 Å². The Morgan fingerprint density at radius 3 is 3.14 bits per heavy atom. The van der Waals surface area contributed by atoms with Crippen LogP contribution in [0.15, 0.2) is 4.99 Å². The summed E-state index contributed by atoms with van der Waals surface area (Å²) in [6, 6.07) is 0. The summed E-state index contributed by atoms with van der Waals surface area (Å²) in [4.78, 5) is 4.08. The van der Waals surface area contributed by atoms with Gasteiger partial charge >= 0.3 is 0 Å². The molecule has 0 spiro atoms. The fourth-order valence-electron chi connectivity index (χ4n) is 0.499. The molecule has 0 amide bonds. The minimum absolute atomic E-state index is 0.333. The average Bonchev–Trinajstić information content (AvgIpc) is 2.14. The van der Waals surface area contributed by atoms with E-state index in [2.05, 4.69) is 10.3 Å². The maximum atomic E-state index is 4.08. The van der Waals surface area contributed by atoms with Crippen molar-refractivity contribution < 1.29 is 0 Å². The molecule has 1 atom stereocenters. The van der Waals surface area contributed by atoms with Crippen LogP contribution in [-0.4, -0.2) is 24.5 Å². The molecule has 0 aromatic carbocycles. The van der Waals surface area contributed by atoms with Gasteiger partial charge in [0.25, 0.3) is 0 Å². The average molecular weight is 116 g/mol. The third-order valence-corrected chi connectivity index (χ3v) is 1.58. The minimum Gasteiger partial charge on any atom is -0.282 e. The summed E-state index contributed by atoms with van der Waals surface area (Å²) in [5.74, 6) is 0. The van der Waals surface area contributed by atoms with Gasteiger partial charge in [-0.3, -0.25) is 10.3 Å². The molecule has 0 aromatic heterocycles. The van der Waals surface area contributed by atoms with Gasteiger partial charge in [0.1, 0.15) is 5.50 Å². The van der Waals surface area contributed by atoms with E-state index in [4.69, 9.17) is 0 Å². The standard InChI is InChI=1S/C4H8N2S/c1-7-4-5-2-3-6-4/h2,4,6H,3H2,1H3. The minimum atomic E-state index is 0.333. The second-order valence-electron chi connectivity index (χ2n) is 1.33. The first-order valence-corrected chi connectivity index (χ1v) is 3.50. The molecule has 0 bridgehead atoms. The Kier molecular flexibility index (Phi) is 1.70. The highest BCUT2D eigenvalue weighted by molar-refractivity contribution is 7.99. The maximum Gasteiger partial charge on any atom is 0.146 e. The molecule has 1 rings (SSSR count). The first-order chi connectivity index (χ1) is 3.43.